The molecule has 0 bridgehead atoms. The number of para-hydroxylation sites is 1. The highest BCUT2D eigenvalue weighted by atomic mass is 35.5. The van der Waals surface area contributed by atoms with E-state index in [1.807, 2.05) is 60.7 Å². The molecule has 134 valence electrons. The van der Waals surface area contributed by atoms with E-state index < -0.39 is 0 Å². The van der Waals surface area contributed by atoms with Crippen molar-refractivity contribution in [2.75, 3.05) is 18.5 Å². The molecule has 0 saturated heterocycles. The summed E-state index contributed by atoms with van der Waals surface area (Å²) < 4.78 is 11.3. The van der Waals surface area contributed by atoms with Gasteiger partial charge in [-0.2, -0.15) is 5.10 Å². The smallest absolute Gasteiger partial charge is 0.161 e. The van der Waals surface area contributed by atoms with Crippen LogP contribution in [0.4, 0.5) is 11.5 Å². The van der Waals surface area contributed by atoms with Gasteiger partial charge in [0.25, 0.3) is 0 Å². The van der Waals surface area contributed by atoms with Gasteiger partial charge >= 0.3 is 0 Å². The van der Waals surface area contributed by atoms with Crippen molar-refractivity contribution in [1.29, 1.82) is 0 Å². The maximum absolute atomic E-state index is 6.72. The van der Waals surface area contributed by atoms with Crippen LogP contribution in [0.3, 0.4) is 0 Å². The van der Waals surface area contributed by atoms with Crippen molar-refractivity contribution < 1.29 is 9.47 Å². The molecule has 4 aromatic rings. The molecule has 0 radical (unpaired) electrons. The lowest BCUT2D eigenvalue weighted by molar-refractivity contribution is 0.171. The number of H-pyrrole nitrogens is 1. The average Bonchev–Trinajstić information content (AvgIpc) is 3.12. The third-order valence-corrected chi connectivity index (χ3v) is 4.98. The highest BCUT2D eigenvalue weighted by Crippen LogP contribution is 2.40. The van der Waals surface area contributed by atoms with Crippen molar-refractivity contribution in [1.82, 2.24) is 10.2 Å². The number of halogens is 1. The lowest BCUT2D eigenvalue weighted by atomic mass is 10.0. The van der Waals surface area contributed by atoms with Gasteiger partial charge in [0.05, 0.1) is 16.2 Å². The van der Waals surface area contributed by atoms with Crippen molar-refractivity contribution in [2.24, 2.45) is 0 Å². The number of benzene rings is 3. The van der Waals surface area contributed by atoms with Gasteiger partial charge in [-0.1, -0.05) is 41.9 Å². The number of nitrogens with one attached hydrogen (secondary N) is 2. The number of ether oxygens (including phenoxy) is 2. The minimum absolute atomic E-state index is 0.554. The molecular formula is C21H16ClN3O2. The SMILES string of the molecule is Clc1c(Nc2n[nH]c3ccccc23)cccc1-c1ccc2c(c1)OCCO2. The summed E-state index contributed by atoms with van der Waals surface area (Å²) in [7, 11) is 0. The molecule has 0 spiro atoms. The first-order chi connectivity index (χ1) is 13.3. The molecule has 0 aliphatic carbocycles. The number of nitrogens with zero attached hydrogens (tertiary/aromatic N) is 1. The van der Waals surface area contributed by atoms with Crippen LogP contribution in [0.15, 0.2) is 60.7 Å². The number of aromatic amines is 1. The lowest BCUT2D eigenvalue weighted by Crippen LogP contribution is -2.15. The zero-order valence-electron chi connectivity index (χ0n) is 14.3. The van der Waals surface area contributed by atoms with Crippen LogP contribution >= 0.6 is 11.6 Å². The second-order valence-corrected chi connectivity index (χ2v) is 6.65. The number of anilines is 2. The molecule has 2 N–H and O–H groups in total. The first-order valence-electron chi connectivity index (χ1n) is 8.68. The standard InChI is InChI=1S/C21H16ClN3O2/c22-20-14(13-8-9-18-19(12-13)27-11-10-26-18)5-3-7-17(20)23-21-15-4-1-2-6-16(15)24-25-21/h1-9,12H,10-11H2,(H2,23,24,25). The van der Waals surface area contributed by atoms with Crippen LogP contribution in [0, 0.1) is 0 Å². The fourth-order valence-corrected chi connectivity index (χ4v) is 3.53. The molecule has 3 aromatic carbocycles. The Labute approximate surface area is 160 Å². The Morgan fingerprint density at radius 2 is 1.78 bits per heavy atom. The third-order valence-electron chi connectivity index (χ3n) is 4.58. The molecule has 1 aliphatic rings. The molecule has 0 amide bonds. The van der Waals surface area contributed by atoms with Gasteiger partial charge in [0.2, 0.25) is 0 Å². The van der Waals surface area contributed by atoms with Gasteiger partial charge in [-0.05, 0) is 35.9 Å². The van der Waals surface area contributed by atoms with E-state index in [4.69, 9.17) is 21.1 Å². The largest absolute Gasteiger partial charge is 0.486 e. The molecule has 1 aromatic heterocycles. The van der Waals surface area contributed by atoms with E-state index in [0.29, 0.717) is 18.2 Å². The minimum Gasteiger partial charge on any atom is -0.486 e. The summed E-state index contributed by atoms with van der Waals surface area (Å²) in [6.07, 6.45) is 0. The Morgan fingerprint density at radius 1 is 0.926 bits per heavy atom. The fraction of sp³-hybridized carbons (Fsp3) is 0.0952. The van der Waals surface area contributed by atoms with Crippen molar-refractivity contribution in [3.8, 4) is 22.6 Å². The summed E-state index contributed by atoms with van der Waals surface area (Å²) in [4.78, 5) is 0. The second-order valence-electron chi connectivity index (χ2n) is 6.27. The third kappa shape index (κ3) is 2.86. The van der Waals surface area contributed by atoms with Gasteiger partial charge in [-0.15, -0.1) is 0 Å². The van der Waals surface area contributed by atoms with Crippen molar-refractivity contribution in [2.45, 2.75) is 0 Å². The van der Waals surface area contributed by atoms with Crippen LogP contribution in [0.5, 0.6) is 11.5 Å². The lowest BCUT2D eigenvalue weighted by Gasteiger charge is -2.19. The maximum Gasteiger partial charge on any atom is 0.161 e. The molecule has 6 heteroatoms. The quantitative estimate of drug-likeness (QED) is 0.502. The maximum atomic E-state index is 6.72. The van der Waals surface area contributed by atoms with E-state index in [1.165, 1.54) is 0 Å². The zero-order chi connectivity index (χ0) is 18.2. The molecule has 5 nitrogen and oxygen atoms in total. The number of fused-ring (bicyclic) bond motifs is 2. The van der Waals surface area contributed by atoms with Crippen LogP contribution < -0.4 is 14.8 Å². The summed E-state index contributed by atoms with van der Waals surface area (Å²) in [5.74, 6) is 2.25. The van der Waals surface area contributed by atoms with Gasteiger partial charge < -0.3 is 14.8 Å². The van der Waals surface area contributed by atoms with Gasteiger partial charge in [0, 0.05) is 10.9 Å². The Kier molecular flexibility index (Phi) is 3.87. The summed E-state index contributed by atoms with van der Waals surface area (Å²) in [6, 6.07) is 19.7. The van der Waals surface area contributed by atoms with Crippen LogP contribution in [-0.2, 0) is 0 Å². The molecule has 27 heavy (non-hydrogen) atoms. The summed E-state index contributed by atoms with van der Waals surface area (Å²) in [6.45, 7) is 1.13. The topological polar surface area (TPSA) is 59.2 Å². The van der Waals surface area contributed by atoms with E-state index in [2.05, 4.69) is 15.5 Å². The number of hydrogen-bond donors (Lipinski definition) is 2. The van der Waals surface area contributed by atoms with Gasteiger partial charge in [-0.25, -0.2) is 0 Å². The first-order valence-corrected chi connectivity index (χ1v) is 9.06. The minimum atomic E-state index is 0.554. The van der Waals surface area contributed by atoms with Gasteiger partial charge in [0.15, 0.2) is 17.3 Å². The molecule has 0 saturated carbocycles. The van der Waals surface area contributed by atoms with Crippen molar-refractivity contribution in [3.63, 3.8) is 0 Å². The van der Waals surface area contributed by atoms with Crippen LogP contribution in [-0.4, -0.2) is 23.4 Å². The molecule has 5 rings (SSSR count). The van der Waals surface area contributed by atoms with Crippen LogP contribution in [0.1, 0.15) is 0 Å². The predicted molar refractivity (Wildman–Crippen MR) is 107 cm³/mol. The Balaban J connectivity index is 1.53. The van der Waals surface area contributed by atoms with Gasteiger partial charge in [-0.3, -0.25) is 5.10 Å². The monoisotopic (exact) mass is 377 g/mol. The molecule has 0 unspecified atom stereocenters. The van der Waals surface area contributed by atoms with E-state index in [1.54, 1.807) is 0 Å². The summed E-state index contributed by atoms with van der Waals surface area (Å²) >= 11 is 6.72. The number of aromatic nitrogens is 2. The highest BCUT2D eigenvalue weighted by Gasteiger charge is 2.15. The predicted octanol–water partition coefficient (Wildman–Crippen LogP) is 5.40. The van der Waals surface area contributed by atoms with Crippen molar-refractivity contribution in [3.05, 3.63) is 65.7 Å². The van der Waals surface area contributed by atoms with E-state index in [-0.39, 0.29) is 0 Å². The highest BCUT2D eigenvalue weighted by molar-refractivity contribution is 6.36. The van der Waals surface area contributed by atoms with Crippen LogP contribution in [0.25, 0.3) is 22.0 Å². The fourth-order valence-electron chi connectivity index (χ4n) is 3.25. The van der Waals surface area contributed by atoms with Gasteiger partial charge in [0.1, 0.15) is 13.2 Å². The Hall–Kier alpha value is -3.18. The molecule has 0 fully saturated rings. The van der Waals surface area contributed by atoms with E-state index in [0.717, 1.165) is 45.0 Å². The average molecular weight is 378 g/mol. The number of rotatable bonds is 3. The van der Waals surface area contributed by atoms with E-state index >= 15 is 0 Å². The molecule has 0 atom stereocenters. The van der Waals surface area contributed by atoms with Crippen LogP contribution in [0.2, 0.25) is 5.02 Å². The normalized spacial score (nSPS) is 12.9. The Morgan fingerprint density at radius 3 is 2.70 bits per heavy atom. The Bertz CT molecular complexity index is 1140. The molecule has 1 aliphatic heterocycles. The molecular weight excluding hydrogens is 362 g/mol. The molecule has 2 heterocycles. The number of hydrogen-bond acceptors (Lipinski definition) is 4. The second kappa shape index (κ2) is 6.52. The van der Waals surface area contributed by atoms with Crippen molar-refractivity contribution >= 4 is 34.0 Å². The summed E-state index contributed by atoms with van der Waals surface area (Å²) in [5, 5.41) is 12.4. The zero-order valence-corrected chi connectivity index (χ0v) is 15.1. The summed E-state index contributed by atoms with van der Waals surface area (Å²) in [5.41, 5.74) is 3.65. The first kappa shape index (κ1) is 16.0. The van der Waals surface area contributed by atoms with E-state index in [9.17, 15) is 0 Å².